The van der Waals surface area contributed by atoms with Crippen LogP contribution in [0.25, 0.3) is 0 Å². The zero-order valence-electron chi connectivity index (χ0n) is 5.26. The van der Waals surface area contributed by atoms with Crippen molar-refractivity contribution in [3.63, 3.8) is 0 Å². The van der Waals surface area contributed by atoms with Crippen LogP contribution in [-0.2, 0) is 4.79 Å². The summed E-state index contributed by atoms with van der Waals surface area (Å²) in [5.41, 5.74) is 5.02. The van der Waals surface area contributed by atoms with Crippen LogP contribution in [-0.4, -0.2) is 5.78 Å². The predicted molar refractivity (Wildman–Crippen MR) is 40.7 cm³/mol. The zero-order chi connectivity index (χ0) is 7.28. The lowest BCUT2D eigenvalue weighted by Crippen LogP contribution is -1.87. The molecule has 9 heavy (non-hydrogen) atoms. The van der Waals surface area contributed by atoms with Crippen LogP contribution in [0.1, 0.15) is 6.92 Å². The van der Waals surface area contributed by atoms with E-state index in [-0.39, 0.29) is 5.78 Å². The van der Waals surface area contributed by atoms with E-state index in [4.69, 9.17) is 5.73 Å². The number of allylic oxidation sites excluding steroid dienone is 1. The van der Waals surface area contributed by atoms with Crippen LogP contribution >= 0.6 is 11.8 Å². The second-order valence-electron chi connectivity index (χ2n) is 1.43. The van der Waals surface area contributed by atoms with Crippen LogP contribution in [0.15, 0.2) is 23.1 Å². The first-order valence-electron chi connectivity index (χ1n) is 2.41. The molecule has 3 heteroatoms. The molecule has 0 aromatic heterocycles. The maximum absolute atomic E-state index is 10.5. The first-order valence-corrected chi connectivity index (χ1v) is 3.29. The molecule has 0 unspecified atom stereocenters. The SMILES string of the molecule is C=C(S/C=C\N)C(C)=O. The molecule has 0 aliphatic heterocycles. The molecule has 0 aliphatic carbocycles. The molecule has 0 fully saturated rings. The molecule has 2 N–H and O–H groups in total. The third-order valence-electron chi connectivity index (χ3n) is 0.682. The summed E-state index contributed by atoms with van der Waals surface area (Å²) < 4.78 is 0. The zero-order valence-corrected chi connectivity index (χ0v) is 6.07. The fraction of sp³-hybridized carbons (Fsp3) is 0.167. The number of hydrogen-bond acceptors (Lipinski definition) is 3. The minimum absolute atomic E-state index is 0.0156. The average Bonchev–Trinajstić information content (AvgIpc) is 1.82. The molecule has 0 aromatic carbocycles. The molecule has 0 saturated carbocycles. The topological polar surface area (TPSA) is 43.1 Å². The minimum Gasteiger partial charge on any atom is -0.404 e. The van der Waals surface area contributed by atoms with Crippen LogP contribution in [0.4, 0.5) is 0 Å². The molecule has 0 aromatic rings. The Labute approximate surface area is 58.8 Å². The smallest absolute Gasteiger partial charge is 0.165 e. The van der Waals surface area contributed by atoms with Crippen molar-refractivity contribution in [2.24, 2.45) is 5.73 Å². The molecule has 0 saturated heterocycles. The largest absolute Gasteiger partial charge is 0.404 e. The molecule has 0 aliphatic rings. The Morgan fingerprint density at radius 1 is 1.78 bits per heavy atom. The van der Waals surface area contributed by atoms with E-state index < -0.39 is 0 Å². The van der Waals surface area contributed by atoms with Gasteiger partial charge in [-0.1, -0.05) is 18.3 Å². The first kappa shape index (κ1) is 8.30. The highest BCUT2D eigenvalue weighted by Crippen LogP contribution is 2.13. The summed E-state index contributed by atoms with van der Waals surface area (Å²) in [5.74, 6) is -0.0156. The average molecular weight is 143 g/mol. The standard InChI is InChI=1S/C6H9NOS/c1-5(8)6(2)9-4-3-7/h3-4H,2,7H2,1H3/b4-3-. The molecule has 0 atom stereocenters. The second kappa shape index (κ2) is 4.21. The maximum atomic E-state index is 10.5. The molecule has 0 rings (SSSR count). The van der Waals surface area contributed by atoms with Gasteiger partial charge >= 0.3 is 0 Å². The molecule has 0 spiro atoms. The third kappa shape index (κ3) is 3.85. The fourth-order valence-corrected chi connectivity index (χ4v) is 0.613. The van der Waals surface area contributed by atoms with Crippen LogP contribution < -0.4 is 5.73 Å². The Kier molecular flexibility index (Phi) is 3.88. The second-order valence-corrected chi connectivity index (χ2v) is 2.43. The van der Waals surface area contributed by atoms with Crippen molar-refractivity contribution in [2.75, 3.05) is 0 Å². The molecule has 0 bridgehead atoms. The molecule has 0 heterocycles. The van der Waals surface area contributed by atoms with Crippen LogP contribution in [0.5, 0.6) is 0 Å². The van der Waals surface area contributed by atoms with Gasteiger partial charge in [-0.05, 0) is 12.3 Å². The van der Waals surface area contributed by atoms with Gasteiger partial charge in [-0.15, -0.1) is 0 Å². The van der Waals surface area contributed by atoms with Crippen molar-refractivity contribution in [2.45, 2.75) is 6.92 Å². The van der Waals surface area contributed by atoms with Gasteiger partial charge in [-0.25, -0.2) is 0 Å². The lowest BCUT2D eigenvalue weighted by atomic mass is 10.4. The predicted octanol–water partition coefficient (Wildman–Crippen LogP) is 1.25. The van der Waals surface area contributed by atoms with Gasteiger partial charge in [0.1, 0.15) is 0 Å². The molecule has 0 amide bonds. The Bertz CT molecular complexity index is 151. The Balaban J connectivity index is 3.65. The number of hydrogen-bond donors (Lipinski definition) is 1. The van der Waals surface area contributed by atoms with E-state index in [1.807, 2.05) is 0 Å². The van der Waals surface area contributed by atoms with E-state index in [0.29, 0.717) is 4.91 Å². The van der Waals surface area contributed by atoms with Crippen molar-refractivity contribution in [1.29, 1.82) is 0 Å². The lowest BCUT2D eigenvalue weighted by Gasteiger charge is -1.91. The number of carbonyl (C=O) groups excluding carboxylic acids is 1. The Morgan fingerprint density at radius 3 is 2.67 bits per heavy atom. The summed E-state index contributed by atoms with van der Waals surface area (Å²) in [6, 6.07) is 0. The first-order chi connectivity index (χ1) is 4.18. The van der Waals surface area contributed by atoms with E-state index in [2.05, 4.69) is 6.58 Å². The maximum Gasteiger partial charge on any atom is 0.165 e. The summed E-state index contributed by atoms with van der Waals surface area (Å²) in [4.78, 5) is 11.0. The summed E-state index contributed by atoms with van der Waals surface area (Å²) in [5, 5.41) is 1.61. The van der Waals surface area contributed by atoms with Crippen molar-refractivity contribution < 1.29 is 4.79 Å². The van der Waals surface area contributed by atoms with Gasteiger partial charge in [0.2, 0.25) is 0 Å². The van der Waals surface area contributed by atoms with E-state index in [1.165, 1.54) is 24.9 Å². The van der Waals surface area contributed by atoms with Gasteiger partial charge < -0.3 is 5.73 Å². The number of carbonyl (C=O) groups is 1. The fourth-order valence-electron chi connectivity index (χ4n) is 0.204. The lowest BCUT2D eigenvalue weighted by molar-refractivity contribution is -0.112. The van der Waals surface area contributed by atoms with Gasteiger partial charge in [-0.3, -0.25) is 4.79 Å². The number of Topliss-reactive ketones (excluding diaryl/α,β-unsaturated/α-hetero) is 1. The summed E-state index contributed by atoms with van der Waals surface area (Å²) >= 11 is 1.23. The quantitative estimate of drug-likeness (QED) is 0.605. The third-order valence-corrected chi connectivity index (χ3v) is 1.55. The van der Waals surface area contributed by atoms with Crippen molar-refractivity contribution in [3.8, 4) is 0 Å². The Hall–Kier alpha value is -0.700. The molecule has 2 nitrogen and oxygen atoms in total. The summed E-state index contributed by atoms with van der Waals surface area (Å²) in [6.07, 6.45) is 1.37. The minimum atomic E-state index is -0.0156. The van der Waals surface area contributed by atoms with Crippen LogP contribution in [0.2, 0.25) is 0 Å². The number of nitrogens with two attached hydrogens (primary N) is 1. The van der Waals surface area contributed by atoms with Gasteiger partial charge in [0.25, 0.3) is 0 Å². The Morgan fingerprint density at radius 2 is 2.33 bits per heavy atom. The van der Waals surface area contributed by atoms with Gasteiger partial charge in [-0.2, -0.15) is 0 Å². The molecular weight excluding hydrogens is 134 g/mol. The van der Waals surface area contributed by atoms with E-state index >= 15 is 0 Å². The normalized spacial score (nSPS) is 9.89. The number of ketones is 1. The molecule has 0 radical (unpaired) electrons. The highest BCUT2D eigenvalue weighted by atomic mass is 32.2. The highest BCUT2D eigenvalue weighted by molar-refractivity contribution is 8.06. The van der Waals surface area contributed by atoms with E-state index in [1.54, 1.807) is 5.41 Å². The van der Waals surface area contributed by atoms with Crippen molar-refractivity contribution in [1.82, 2.24) is 0 Å². The van der Waals surface area contributed by atoms with Crippen LogP contribution in [0, 0.1) is 0 Å². The monoisotopic (exact) mass is 143 g/mol. The number of rotatable bonds is 3. The van der Waals surface area contributed by atoms with Crippen molar-refractivity contribution >= 4 is 17.5 Å². The van der Waals surface area contributed by atoms with Crippen molar-refractivity contribution in [3.05, 3.63) is 23.1 Å². The van der Waals surface area contributed by atoms with Gasteiger partial charge in [0.05, 0.1) is 0 Å². The molecular formula is C6H9NOS. The number of thioether (sulfide) groups is 1. The summed E-state index contributed by atoms with van der Waals surface area (Å²) in [7, 11) is 0. The van der Waals surface area contributed by atoms with Gasteiger partial charge in [0, 0.05) is 11.1 Å². The molecule has 50 valence electrons. The van der Waals surface area contributed by atoms with Gasteiger partial charge in [0.15, 0.2) is 5.78 Å². The van der Waals surface area contributed by atoms with E-state index in [0.717, 1.165) is 0 Å². The highest BCUT2D eigenvalue weighted by Gasteiger charge is 1.95. The van der Waals surface area contributed by atoms with Crippen LogP contribution in [0.3, 0.4) is 0 Å². The summed E-state index contributed by atoms with van der Waals surface area (Å²) in [6.45, 7) is 4.97. The van der Waals surface area contributed by atoms with E-state index in [9.17, 15) is 4.79 Å².